The lowest BCUT2D eigenvalue weighted by Gasteiger charge is -2.24. The van der Waals surface area contributed by atoms with E-state index in [4.69, 9.17) is 40.5 Å². The van der Waals surface area contributed by atoms with Crippen molar-refractivity contribution >= 4 is 57.4 Å². The molecular formula is C26H27Cl3N4O2. The van der Waals surface area contributed by atoms with Crippen LogP contribution in [-0.4, -0.2) is 48.4 Å². The summed E-state index contributed by atoms with van der Waals surface area (Å²) in [5.41, 5.74) is 7.22. The standard InChI is InChI=1S/C26H27Cl3N4O2/c27-20-4-3-17-11-19(2-1-18(17)12-20)25(34)31-14-23-6-8-33(26(35)24(32-23)5-7-30)15-16-9-21(28)13-22(29)10-16/h1-4,9-13,23-24,32H,5-8,14-15,30H2,(H,31,34). The van der Waals surface area contributed by atoms with Gasteiger partial charge in [0, 0.05) is 46.3 Å². The number of benzene rings is 3. The first kappa shape index (κ1) is 25.7. The van der Waals surface area contributed by atoms with Crippen LogP contribution in [0.1, 0.15) is 28.8 Å². The molecule has 1 fully saturated rings. The van der Waals surface area contributed by atoms with E-state index in [-0.39, 0.29) is 17.9 Å². The van der Waals surface area contributed by atoms with Gasteiger partial charge >= 0.3 is 0 Å². The monoisotopic (exact) mass is 532 g/mol. The van der Waals surface area contributed by atoms with Crippen molar-refractivity contribution in [2.24, 2.45) is 5.73 Å². The molecular weight excluding hydrogens is 507 g/mol. The third kappa shape index (κ3) is 6.66. The van der Waals surface area contributed by atoms with Crippen LogP contribution in [0.15, 0.2) is 54.6 Å². The molecule has 0 bridgehead atoms. The van der Waals surface area contributed by atoms with Gasteiger partial charge in [-0.2, -0.15) is 0 Å². The first-order chi connectivity index (χ1) is 16.8. The summed E-state index contributed by atoms with van der Waals surface area (Å²) >= 11 is 18.3. The van der Waals surface area contributed by atoms with E-state index in [1.807, 2.05) is 36.4 Å². The van der Waals surface area contributed by atoms with E-state index in [9.17, 15) is 9.59 Å². The molecule has 1 heterocycles. The molecule has 0 saturated carbocycles. The van der Waals surface area contributed by atoms with Crippen LogP contribution in [0.4, 0.5) is 0 Å². The van der Waals surface area contributed by atoms with Crippen LogP contribution in [0, 0.1) is 0 Å². The molecule has 1 saturated heterocycles. The molecule has 0 spiro atoms. The number of halogens is 3. The zero-order valence-corrected chi connectivity index (χ0v) is 21.3. The van der Waals surface area contributed by atoms with E-state index in [1.54, 1.807) is 23.1 Å². The number of fused-ring (bicyclic) bond motifs is 1. The number of hydrogen-bond donors (Lipinski definition) is 3. The summed E-state index contributed by atoms with van der Waals surface area (Å²) < 4.78 is 0. The molecule has 6 nitrogen and oxygen atoms in total. The molecule has 35 heavy (non-hydrogen) atoms. The van der Waals surface area contributed by atoms with Crippen LogP contribution in [0.2, 0.25) is 15.1 Å². The molecule has 0 aliphatic carbocycles. The Kier molecular flexibility index (Phi) is 8.52. The highest BCUT2D eigenvalue weighted by Crippen LogP contribution is 2.22. The maximum absolute atomic E-state index is 13.2. The number of hydrogen-bond acceptors (Lipinski definition) is 4. The fraction of sp³-hybridized carbons (Fsp3) is 0.308. The summed E-state index contributed by atoms with van der Waals surface area (Å²) in [6, 6.07) is 15.9. The first-order valence-electron chi connectivity index (χ1n) is 11.5. The Morgan fingerprint density at radius 1 is 1.00 bits per heavy atom. The van der Waals surface area contributed by atoms with Gasteiger partial charge in [-0.25, -0.2) is 0 Å². The van der Waals surface area contributed by atoms with E-state index >= 15 is 0 Å². The lowest BCUT2D eigenvalue weighted by molar-refractivity contribution is -0.133. The number of carbonyl (C=O) groups excluding carboxylic acids is 2. The fourth-order valence-electron chi connectivity index (χ4n) is 4.37. The number of nitrogens with one attached hydrogen (secondary N) is 2. The first-order valence-corrected chi connectivity index (χ1v) is 12.6. The van der Waals surface area contributed by atoms with Crippen LogP contribution in [0.3, 0.4) is 0 Å². The highest BCUT2D eigenvalue weighted by molar-refractivity contribution is 6.34. The van der Waals surface area contributed by atoms with Gasteiger partial charge in [0.2, 0.25) is 5.91 Å². The maximum Gasteiger partial charge on any atom is 0.251 e. The normalized spacial score (nSPS) is 18.5. The number of rotatable bonds is 7. The SMILES string of the molecule is NCCC1NC(CNC(=O)c2ccc3cc(Cl)ccc3c2)CCN(Cc2cc(Cl)cc(Cl)c2)C1=O. The van der Waals surface area contributed by atoms with Crippen molar-refractivity contribution in [1.29, 1.82) is 0 Å². The molecule has 3 aromatic rings. The van der Waals surface area contributed by atoms with E-state index < -0.39 is 6.04 Å². The van der Waals surface area contributed by atoms with Crippen molar-refractivity contribution in [2.45, 2.75) is 31.5 Å². The van der Waals surface area contributed by atoms with Gasteiger partial charge < -0.3 is 21.3 Å². The highest BCUT2D eigenvalue weighted by atomic mass is 35.5. The predicted molar refractivity (Wildman–Crippen MR) is 142 cm³/mol. The van der Waals surface area contributed by atoms with E-state index in [0.717, 1.165) is 16.3 Å². The lowest BCUT2D eigenvalue weighted by atomic mass is 10.1. The second-order valence-electron chi connectivity index (χ2n) is 8.74. The Labute approximate surface area is 219 Å². The van der Waals surface area contributed by atoms with Gasteiger partial charge in [0.25, 0.3) is 5.91 Å². The van der Waals surface area contributed by atoms with Crippen LogP contribution < -0.4 is 16.4 Å². The van der Waals surface area contributed by atoms with Gasteiger partial charge in [-0.3, -0.25) is 9.59 Å². The average Bonchev–Trinajstić information content (AvgIpc) is 2.96. The number of nitrogens with two attached hydrogens (primary N) is 1. The summed E-state index contributed by atoms with van der Waals surface area (Å²) in [6.45, 7) is 1.71. The summed E-state index contributed by atoms with van der Waals surface area (Å²) in [5.74, 6) is -0.186. The van der Waals surface area contributed by atoms with Crippen molar-refractivity contribution in [2.75, 3.05) is 19.6 Å². The summed E-state index contributed by atoms with van der Waals surface area (Å²) in [6.07, 6.45) is 1.18. The van der Waals surface area contributed by atoms with Gasteiger partial charge in [-0.1, -0.05) is 46.9 Å². The smallest absolute Gasteiger partial charge is 0.251 e. The number of nitrogens with zero attached hydrogens (tertiary/aromatic N) is 1. The number of carbonyl (C=O) groups is 2. The Balaban J connectivity index is 1.42. The Bertz CT molecular complexity index is 1220. The van der Waals surface area contributed by atoms with E-state index in [0.29, 0.717) is 59.7 Å². The Morgan fingerprint density at radius 2 is 1.71 bits per heavy atom. The molecule has 9 heteroatoms. The van der Waals surface area contributed by atoms with E-state index in [2.05, 4.69) is 10.6 Å². The van der Waals surface area contributed by atoms with Gasteiger partial charge in [0.05, 0.1) is 6.04 Å². The Hall–Kier alpha value is -2.35. The topological polar surface area (TPSA) is 87.5 Å². The van der Waals surface area contributed by atoms with Crippen LogP contribution >= 0.6 is 34.8 Å². The van der Waals surface area contributed by atoms with Gasteiger partial charge in [-0.05, 0) is 78.2 Å². The fourth-order valence-corrected chi connectivity index (χ4v) is 5.12. The lowest BCUT2D eigenvalue weighted by Crippen LogP contribution is -2.49. The zero-order chi connectivity index (χ0) is 24.9. The van der Waals surface area contributed by atoms with Crippen molar-refractivity contribution in [3.63, 3.8) is 0 Å². The molecule has 2 atom stereocenters. The second kappa shape index (κ2) is 11.6. The van der Waals surface area contributed by atoms with Crippen molar-refractivity contribution in [3.8, 4) is 0 Å². The van der Waals surface area contributed by atoms with Crippen LogP contribution in [0.5, 0.6) is 0 Å². The van der Waals surface area contributed by atoms with Gasteiger partial charge in [0.1, 0.15) is 0 Å². The second-order valence-corrected chi connectivity index (χ2v) is 10.0. The quantitative estimate of drug-likeness (QED) is 0.413. The molecule has 2 amide bonds. The molecule has 4 N–H and O–H groups in total. The molecule has 184 valence electrons. The maximum atomic E-state index is 13.2. The van der Waals surface area contributed by atoms with Crippen molar-refractivity contribution < 1.29 is 9.59 Å². The summed E-state index contributed by atoms with van der Waals surface area (Å²) in [7, 11) is 0. The zero-order valence-electron chi connectivity index (χ0n) is 19.1. The van der Waals surface area contributed by atoms with Gasteiger partial charge in [-0.15, -0.1) is 0 Å². The minimum absolute atomic E-state index is 0.0198. The largest absolute Gasteiger partial charge is 0.350 e. The molecule has 1 aliphatic heterocycles. The van der Waals surface area contributed by atoms with E-state index in [1.165, 1.54) is 0 Å². The molecule has 4 rings (SSSR count). The van der Waals surface area contributed by atoms with Crippen molar-refractivity contribution in [3.05, 3.63) is 80.8 Å². The van der Waals surface area contributed by atoms with Crippen LogP contribution in [-0.2, 0) is 11.3 Å². The minimum atomic E-state index is -0.426. The minimum Gasteiger partial charge on any atom is -0.350 e. The highest BCUT2D eigenvalue weighted by Gasteiger charge is 2.30. The van der Waals surface area contributed by atoms with Crippen LogP contribution in [0.25, 0.3) is 10.8 Å². The predicted octanol–water partition coefficient (Wildman–Crippen LogP) is 4.64. The third-order valence-electron chi connectivity index (χ3n) is 6.12. The summed E-state index contributed by atoms with van der Waals surface area (Å²) in [4.78, 5) is 27.8. The average molecular weight is 534 g/mol. The molecule has 0 radical (unpaired) electrons. The molecule has 2 unspecified atom stereocenters. The number of amides is 2. The third-order valence-corrected chi connectivity index (χ3v) is 6.79. The molecule has 1 aliphatic rings. The van der Waals surface area contributed by atoms with Gasteiger partial charge in [0.15, 0.2) is 0 Å². The Morgan fingerprint density at radius 3 is 2.46 bits per heavy atom. The summed E-state index contributed by atoms with van der Waals surface area (Å²) in [5, 5.41) is 10.0. The molecule has 3 aromatic carbocycles. The van der Waals surface area contributed by atoms with Crippen molar-refractivity contribution in [1.82, 2.24) is 15.5 Å². The molecule has 0 aromatic heterocycles.